The molecule has 1 aliphatic rings. The minimum atomic E-state index is -0.417. The van der Waals surface area contributed by atoms with E-state index in [1.807, 2.05) is 26.0 Å². The van der Waals surface area contributed by atoms with Gasteiger partial charge in [-0.3, -0.25) is 9.59 Å². The van der Waals surface area contributed by atoms with Crippen molar-refractivity contribution in [2.24, 2.45) is 5.92 Å². The molecule has 1 aliphatic heterocycles. The Bertz CT molecular complexity index is 831. The number of anilines is 2. The quantitative estimate of drug-likeness (QED) is 0.850. The lowest BCUT2D eigenvalue weighted by molar-refractivity contribution is -0.122. The summed E-state index contributed by atoms with van der Waals surface area (Å²) in [6.07, 6.45) is 0.185. The summed E-state index contributed by atoms with van der Waals surface area (Å²) in [7, 11) is 0. The average molecular weight is 377 g/mol. The van der Waals surface area contributed by atoms with Gasteiger partial charge >= 0.3 is 0 Å². The predicted molar refractivity (Wildman–Crippen MR) is 101 cm³/mol. The molecular formula is C19H18Cl2N2O2. The highest BCUT2D eigenvalue weighted by Crippen LogP contribution is 2.29. The van der Waals surface area contributed by atoms with Crippen molar-refractivity contribution < 1.29 is 9.59 Å². The Morgan fingerprint density at radius 3 is 2.44 bits per heavy atom. The zero-order valence-electron chi connectivity index (χ0n) is 14.0. The first-order valence-electron chi connectivity index (χ1n) is 7.98. The summed E-state index contributed by atoms with van der Waals surface area (Å²) < 4.78 is 0. The minimum Gasteiger partial charge on any atom is -0.324 e. The molecule has 0 bridgehead atoms. The van der Waals surface area contributed by atoms with Crippen LogP contribution >= 0.6 is 23.2 Å². The first-order valence-corrected chi connectivity index (χ1v) is 8.73. The maximum Gasteiger partial charge on any atom is 0.229 e. The molecule has 1 heterocycles. The molecule has 4 nitrogen and oxygen atoms in total. The Kier molecular flexibility index (Phi) is 5.02. The van der Waals surface area contributed by atoms with Crippen LogP contribution in [0.5, 0.6) is 0 Å². The average Bonchev–Trinajstić information content (AvgIpc) is 2.91. The smallest absolute Gasteiger partial charge is 0.229 e. The van der Waals surface area contributed by atoms with Crippen LogP contribution < -0.4 is 10.2 Å². The normalized spacial score (nSPS) is 17.0. The summed E-state index contributed by atoms with van der Waals surface area (Å²) in [5, 5.41) is 3.66. The van der Waals surface area contributed by atoms with Crippen LogP contribution in [0.1, 0.15) is 17.5 Å². The molecule has 25 heavy (non-hydrogen) atoms. The number of amides is 2. The minimum absolute atomic E-state index is 0.0487. The van der Waals surface area contributed by atoms with Crippen molar-refractivity contribution in [3.8, 4) is 0 Å². The Morgan fingerprint density at radius 1 is 1.12 bits per heavy atom. The topological polar surface area (TPSA) is 49.4 Å². The van der Waals surface area contributed by atoms with E-state index in [-0.39, 0.29) is 18.2 Å². The first-order chi connectivity index (χ1) is 11.8. The second-order valence-corrected chi connectivity index (χ2v) is 7.21. The number of hydrogen-bond acceptors (Lipinski definition) is 2. The number of hydrogen-bond donors (Lipinski definition) is 1. The fourth-order valence-corrected chi connectivity index (χ4v) is 3.52. The number of benzene rings is 2. The van der Waals surface area contributed by atoms with Gasteiger partial charge in [-0.1, -0.05) is 29.3 Å². The van der Waals surface area contributed by atoms with E-state index in [1.165, 1.54) is 0 Å². The van der Waals surface area contributed by atoms with Crippen molar-refractivity contribution in [1.82, 2.24) is 0 Å². The number of nitrogens with zero attached hydrogens (tertiary/aromatic N) is 1. The highest BCUT2D eigenvalue weighted by molar-refractivity contribution is 6.36. The van der Waals surface area contributed by atoms with Gasteiger partial charge in [0.25, 0.3) is 0 Å². The highest BCUT2D eigenvalue weighted by atomic mass is 35.5. The lowest BCUT2D eigenvalue weighted by Gasteiger charge is -2.18. The van der Waals surface area contributed by atoms with Gasteiger partial charge in [-0.05, 0) is 55.3 Å². The molecule has 0 spiro atoms. The third-order valence-electron chi connectivity index (χ3n) is 4.20. The molecule has 3 rings (SSSR count). The third-order valence-corrected chi connectivity index (χ3v) is 4.75. The molecule has 2 aromatic carbocycles. The zero-order valence-corrected chi connectivity index (χ0v) is 15.5. The first kappa shape index (κ1) is 17.8. The monoisotopic (exact) mass is 376 g/mol. The predicted octanol–water partition coefficient (Wildman–Crippen LogP) is 4.60. The van der Waals surface area contributed by atoms with E-state index in [0.29, 0.717) is 22.3 Å². The van der Waals surface area contributed by atoms with Gasteiger partial charge in [0.2, 0.25) is 11.8 Å². The second-order valence-electron chi connectivity index (χ2n) is 6.36. The van der Waals surface area contributed by atoms with Crippen LogP contribution in [0.3, 0.4) is 0 Å². The fourth-order valence-electron chi connectivity index (χ4n) is 3.06. The lowest BCUT2D eigenvalue weighted by atomic mass is 10.1. The van der Waals surface area contributed by atoms with Crippen LogP contribution in [-0.4, -0.2) is 18.4 Å². The van der Waals surface area contributed by atoms with Crippen LogP contribution in [-0.2, 0) is 9.59 Å². The van der Waals surface area contributed by atoms with E-state index in [9.17, 15) is 9.59 Å². The summed E-state index contributed by atoms with van der Waals surface area (Å²) in [5.41, 5.74) is 3.50. The number of aryl methyl sites for hydroxylation is 2. The fraction of sp³-hybridized carbons (Fsp3) is 0.263. The maximum absolute atomic E-state index is 12.5. The molecule has 2 aromatic rings. The molecule has 1 fully saturated rings. The number of nitrogens with one attached hydrogen (secondary N) is 1. The lowest BCUT2D eigenvalue weighted by Crippen LogP contribution is -2.28. The van der Waals surface area contributed by atoms with Crippen LogP contribution in [0.2, 0.25) is 10.0 Å². The number of carbonyl (C=O) groups excluding carboxylic acids is 2. The largest absolute Gasteiger partial charge is 0.324 e. The summed E-state index contributed by atoms with van der Waals surface area (Å²) in [6.45, 7) is 4.34. The van der Waals surface area contributed by atoms with Crippen molar-refractivity contribution >= 4 is 46.4 Å². The number of halogens is 2. The standard InChI is InChI=1S/C19H18Cl2N2O2/c1-11-5-12(2)7-15(6-11)23-10-13(8-18(23)24)19(25)22-17-4-3-14(20)9-16(17)21/h3-7,9,13H,8,10H2,1-2H3,(H,22,25)/t13-/m0/s1. The van der Waals surface area contributed by atoms with Crippen LogP contribution in [0, 0.1) is 19.8 Å². The van der Waals surface area contributed by atoms with E-state index >= 15 is 0 Å². The summed E-state index contributed by atoms with van der Waals surface area (Å²) >= 11 is 12.0. The molecule has 0 unspecified atom stereocenters. The molecule has 0 radical (unpaired) electrons. The van der Waals surface area contributed by atoms with E-state index in [1.54, 1.807) is 23.1 Å². The SMILES string of the molecule is Cc1cc(C)cc(N2C[C@@H](C(=O)Nc3ccc(Cl)cc3Cl)CC2=O)c1. The van der Waals surface area contributed by atoms with E-state index in [0.717, 1.165) is 16.8 Å². The Morgan fingerprint density at radius 2 is 1.80 bits per heavy atom. The van der Waals surface area contributed by atoms with Gasteiger partial charge in [0.15, 0.2) is 0 Å². The van der Waals surface area contributed by atoms with Gasteiger partial charge in [0, 0.05) is 23.7 Å². The van der Waals surface area contributed by atoms with Gasteiger partial charge in [-0.15, -0.1) is 0 Å². The third kappa shape index (κ3) is 3.97. The number of rotatable bonds is 3. The van der Waals surface area contributed by atoms with Gasteiger partial charge in [-0.25, -0.2) is 0 Å². The molecule has 0 aliphatic carbocycles. The molecule has 130 valence electrons. The van der Waals surface area contributed by atoms with Crippen molar-refractivity contribution in [2.45, 2.75) is 20.3 Å². The van der Waals surface area contributed by atoms with Crippen LogP contribution in [0.4, 0.5) is 11.4 Å². The highest BCUT2D eigenvalue weighted by Gasteiger charge is 2.35. The Hall–Kier alpha value is -2.04. The summed E-state index contributed by atoms with van der Waals surface area (Å²) in [6, 6.07) is 10.9. The molecule has 1 atom stereocenters. The van der Waals surface area contributed by atoms with Crippen molar-refractivity contribution in [3.63, 3.8) is 0 Å². The van der Waals surface area contributed by atoms with Crippen molar-refractivity contribution in [2.75, 3.05) is 16.8 Å². The maximum atomic E-state index is 12.5. The molecule has 0 aromatic heterocycles. The molecule has 1 N–H and O–H groups in total. The molecule has 6 heteroatoms. The Balaban J connectivity index is 1.74. The van der Waals surface area contributed by atoms with Crippen LogP contribution in [0.15, 0.2) is 36.4 Å². The van der Waals surface area contributed by atoms with Gasteiger partial charge in [0.05, 0.1) is 16.6 Å². The number of carbonyl (C=O) groups is 2. The zero-order chi connectivity index (χ0) is 18.1. The van der Waals surface area contributed by atoms with E-state index in [4.69, 9.17) is 23.2 Å². The van der Waals surface area contributed by atoms with Gasteiger partial charge in [-0.2, -0.15) is 0 Å². The van der Waals surface area contributed by atoms with E-state index < -0.39 is 5.92 Å². The molecule has 1 saturated heterocycles. The summed E-state index contributed by atoms with van der Waals surface area (Å²) in [5.74, 6) is -0.683. The van der Waals surface area contributed by atoms with E-state index in [2.05, 4.69) is 11.4 Å². The summed E-state index contributed by atoms with van der Waals surface area (Å²) in [4.78, 5) is 26.6. The van der Waals surface area contributed by atoms with Crippen molar-refractivity contribution in [3.05, 3.63) is 57.6 Å². The molecule has 2 amide bonds. The molecule has 0 saturated carbocycles. The second kappa shape index (κ2) is 7.06. The van der Waals surface area contributed by atoms with Crippen LogP contribution in [0.25, 0.3) is 0 Å². The molecular weight excluding hydrogens is 359 g/mol. The van der Waals surface area contributed by atoms with Crippen molar-refractivity contribution in [1.29, 1.82) is 0 Å². The Labute approximate surface area is 156 Å². The van der Waals surface area contributed by atoms with Gasteiger partial charge < -0.3 is 10.2 Å². The van der Waals surface area contributed by atoms with Gasteiger partial charge in [0.1, 0.15) is 0 Å².